The van der Waals surface area contributed by atoms with Crippen LogP contribution in [0.1, 0.15) is 12.6 Å². The first-order valence-corrected chi connectivity index (χ1v) is 8.67. The number of hydrogen-bond acceptors (Lipinski definition) is 9. The minimum Gasteiger partial charge on any atom is -0.387 e. The third kappa shape index (κ3) is 2.64. The summed E-state index contributed by atoms with van der Waals surface area (Å²) in [5, 5.41) is 23.8. The zero-order valence-electron chi connectivity index (χ0n) is 13.2. The minimum atomic E-state index is -4.89. The van der Waals surface area contributed by atoms with Crippen LogP contribution in [-0.2, 0) is 19.4 Å². The highest BCUT2D eigenvalue weighted by molar-refractivity contribution is 7.46. The quantitative estimate of drug-likeness (QED) is 0.471. The van der Waals surface area contributed by atoms with Crippen molar-refractivity contribution >= 4 is 19.3 Å². The molecule has 140 valence electrons. The Hall–Kier alpha value is -2.20. The van der Waals surface area contributed by atoms with Gasteiger partial charge in [0.15, 0.2) is 17.1 Å². The molecule has 4 atom stereocenters. The molecule has 1 aliphatic heterocycles. The van der Waals surface area contributed by atoms with Crippen molar-refractivity contribution in [2.75, 3.05) is 12.3 Å². The molecule has 14 heteroatoms. The molecule has 26 heavy (non-hydrogen) atoms. The van der Waals surface area contributed by atoms with Gasteiger partial charge < -0.3 is 25.4 Å². The van der Waals surface area contributed by atoms with Gasteiger partial charge in [0, 0.05) is 0 Å². The van der Waals surface area contributed by atoms with Crippen molar-refractivity contribution in [3.63, 3.8) is 0 Å². The van der Waals surface area contributed by atoms with Gasteiger partial charge in [-0.25, -0.2) is 23.4 Å². The van der Waals surface area contributed by atoms with E-state index in [-0.39, 0.29) is 17.2 Å². The molecule has 2 aromatic rings. The normalized spacial score (nSPS) is 32.0. The van der Waals surface area contributed by atoms with Crippen molar-refractivity contribution in [2.24, 2.45) is 0 Å². The van der Waals surface area contributed by atoms with Crippen molar-refractivity contribution in [3.05, 3.63) is 18.2 Å². The Bertz CT molecular complexity index is 940. The summed E-state index contributed by atoms with van der Waals surface area (Å²) in [4.78, 5) is 25.2. The number of anilines is 1. The number of imidazole rings is 1. The van der Waals surface area contributed by atoms with Gasteiger partial charge in [-0.05, 0) is 6.92 Å². The van der Waals surface area contributed by atoms with Crippen LogP contribution in [0.25, 0.3) is 5.65 Å². The summed E-state index contributed by atoms with van der Waals surface area (Å²) >= 11 is 0. The maximum atomic E-state index is 15.4. The van der Waals surface area contributed by atoms with Crippen LogP contribution in [0.3, 0.4) is 0 Å². The Balaban J connectivity index is 2.09. The molecule has 1 fully saturated rings. The van der Waals surface area contributed by atoms with E-state index >= 15 is 4.39 Å². The third-order valence-electron chi connectivity index (χ3n) is 4.18. The van der Waals surface area contributed by atoms with E-state index in [0.717, 1.165) is 24.0 Å². The second kappa shape index (κ2) is 5.92. The zero-order valence-corrected chi connectivity index (χ0v) is 14.1. The van der Waals surface area contributed by atoms with Gasteiger partial charge >= 0.3 is 7.82 Å². The maximum Gasteiger partial charge on any atom is 0.469 e. The standard InChI is InChI=1S/C12H14FN6O6P/c1-11(13)8(20)6(3-24-26(21,22)23)25-12(11,4-14)7-2-16-10-9(15)17-5-18-19(7)10/h2,5-6,8,20H,3H2,1H3,(H2,15,17,18)(H2,21,22,23)/t6-,8-,11-,12+/m1/s1. The number of aromatic nitrogens is 4. The van der Waals surface area contributed by atoms with Crippen molar-refractivity contribution in [2.45, 2.75) is 30.4 Å². The van der Waals surface area contributed by atoms with Gasteiger partial charge in [0.05, 0.1) is 12.8 Å². The zero-order chi connectivity index (χ0) is 19.3. The summed E-state index contributed by atoms with van der Waals surface area (Å²) in [5.41, 5.74) is 0.444. The molecule has 0 spiro atoms. The van der Waals surface area contributed by atoms with Crippen LogP contribution >= 0.6 is 7.82 Å². The largest absolute Gasteiger partial charge is 0.469 e. The number of aliphatic hydroxyl groups excluding tert-OH is 1. The molecule has 0 unspecified atom stereocenters. The Kier molecular flexibility index (Phi) is 4.23. The Morgan fingerprint density at radius 2 is 2.27 bits per heavy atom. The van der Waals surface area contributed by atoms with E-state index in [0.29, 0.717) is 0 Å². The molecule has 0 aliphatic carbocycles. The summed E-state index contributed by atoms with van der Waals surface area (Å²) < 4.78 is 37.0. The highest BCUT2D eigenvalue weighted by Gasteiger charge is 2.67. The molecule has 3 heterocycles. The van der Waals surface area contributed by atoms with E-state index in [4.69, 9.17) is 20.3 Å². The van der Waals surface area contributed by atoms with Gasteiger partial charge in [-0.15, -0.1) is 0 Å². The molecule has 0 radical (unpaired) electrons. The van der Waals surface area contributed by atoms with Crippen LogP contribution < -0.4 is 5.73 Å². The van der Waals surface area contributed by atoms with Crippen molar-refractivity contribution < 1.29 is 33.1 Å². The van der Waals surface area contributed by atoms with Crippen LogP contribution in [0, 0.1) is 11.3 Å². The van der Waals surface area contributed by atoms with Gasteiger partial charge in [0.2, 0.25) is 5.60 Å². The average Bonchev–Trinajstić information content (AvgIpc) is 3.06. The van der Waals surface area contributed by atoms with Gasteiger partial charge in [0.25, 0.3) is 0 Å². The molecule has 0 aromatic carbocycles. The number of hydrogen-bond donors (Lipinski definition) is 4. The lowest BCUT2D eigenvalue weighted by molar-refractivity contribution is -0.0713. The second-order valence-electron chi connectivity index (χ2n) is 5.78. The van der Waals surface area contributed by atoms with E-state index in [1.54, 1.807) is 6.07 Å². The highest BCUT2D eigenvalue weighted by atomic mass is 31.2. The number of nitrogen functional groups attached to an aromatic ring is 1. The van der Waals surface area contributed by atoms with Crippen LogP contribution in [-0.4, -0.2) is 59.0 Å². The van der Waals surface area contributed by atoms with Crippen molar-refractivity contribution in [1.29, 1.82) is 5.26 Å². The molecule has 12 nitrogen and oxygen atoms in total. The Morgan fingerprint density at radius 1 is 1.58 bits per heavy atom. The SMILES string of the molecule is C[C@@]1(F)[C@H](O)[C@@H](COP(=O)(O)O)O[C@@]1(C#N)c1cnc2c(N)ncnn12. The molecule has 1 aliphatic rings. The maximum absolute atomic E-state index is 15.4. The number of nitrogens with two attached hydrogens (primary N) is 1. The molecule has 1 saturated heterocycles. The summed E-state index contributed by atoms with van der Waals surface area (Å²) in [6.45, 7) is 0.0740. The number of phosphoric acid groups is 1. The lowest BCUT2D eigenvalue weighted by atomic mass is 9.82. The summed E-state index contributed by atoms with van der Waals surface area (Å²) in [7, 11) is -4.89. The fraction of sp³-hybridized carbons (Fsp3) is 0.500. The molecule has 3 rings (SSSR count). The number of aliphatic hydroxyl groups is 1. The highest BCUT2D eigenvalue weighted by Crippen LogP contribution is 2.50. The Morgan fingerprint density at radius 3 is 2.88 bits per heavy atom. The monoisotopic (exact) mass is 388 g/mol. The van der Waals surface area contributed by atoms with Crippen LogP contribution in [0.4, 0.5) is 10.2 Å². The van der Waals surface area contributed by atoms with E-state index in [2.05, 4.69) is 19.6 Å². The predicted molar refractivity (Wildman–Crippen MR) is 80.9 cm³/mol. The number of phosphoric ester groups is 1. The molecule has 2 aromatic heterocycles. The van der Waals surface area contributed by atoms with Crippen LogP contribution in [0.15, 0.2) is 12.5 Å². The summed E-state index contributed by atoms with van der Waals surface area (Å²) in [6.07, 6.45) is -1.31. The first-order chi connectivity index (χ1) is 12.0. The average molecular weight is 388 g/mol. The molecular formula is C12H14FN6O6P. The minimum absolute atomic E-state index is 0.0279. The first-order valence-electron chi connectivity index (χ1n) is 7.14. The number of nitriles is 1. The molecular weight excluding hydrogens is 374 g/mol. The predicted octanol–water partition coefficient (Wildman–Crippen LogP) is -0.977. The first kappa shape index (κ1) is 18.6. The molecule has 0 bridgehead atoms. The van der Waals surface area contributed by atoms with E-state index in [1.807, 2.05) is 0 Å². The molecule has 0 saturated carbocycles. The topological polar surface area (TPSA) is 189 Å². The third-order valence-corrected chi connectivity index (χ3v) is 4.67. The molecule has 5 N–H and O–H groups in total. The van der Waals surface area contributed by atoms with Crippen LogP contribution in [0.5, 0.6) is 0 Å². The molecule has 0 amide bonds. The summed E-state index contributed by atoms with van der Waals surface area (Å²) in [6, 6.07) is 1.67. The smallest absolute Gasteiger partial charge is 0.387 e. The van der Waals surface area contributed by atoms with Gasteiger partial charge in [-0.1, -0.05) is 0 Å². The van der Waals surface area contributed by atoms with Crippen molar-refractivity contribution in [3.8, 4) is 6.07 Å². The van der Waals surface area contributed by atoms with E-state index in [9.17, 15) is 14.9 Å². The fourth-order valence-electron chi connectivity index (χ4n) is 2.84. The fourth-order valence-corrected chi connectivity index (χ4v) is 3.18. The number of alkyl halides is 1. The van der Waals surface area contributed by atoms with E-state index in [1.165, 1.54) is 0 Å². The number of rotatable bonds is 4. The number of fused-ring (bicyclic) bond motifs is 1. The number of nitrogens with zero attached hydrogens (tertiary/aromatic N) is 5. The van der Waals surface area contributed by atoms with Gasteiger partial charge in [0.1, 0.15) is 30.3 Å². The Labute approximate surface area is 145 Å². The van der Waals surface area contributed by atoms with Crippen LogP contribution in [0.2, 0.25) is 0 Å². The number of halogens is 1. The van der Waals surface area contributed by atoms with Gasteiger partial charge in [-0.3, -0.25) is 4.52 Å². The summed E-state index contributed by atoms with van der Waals surface area (Å²) in [5.74, 6) is -0.0279. The number of ether oxygens (including phenoxy) is 1. The van der Waals surface area contributed by atoms with Crippen molar-refractivity contribution in [1.82, 2.24) is 19.6 Å². The van der Waals surface area contributed by atoms with Gasteiger partial charge in [-0.2, -0.15) is 10.4 Å². The van der Waals surface area contributed by atoms with E-state index < -0.39 is 37.9 Å². The second-order valence-corrected chi connectivity index (χ2v) is 7.02. The lowest BCUT2D eigenvalue weighted by Gasteiger charge is -2.30. The lowest BCUT2D eigenvalue weighted by Crippen LogP contribution is -2.48.